The van der Waals surface area contributed by atoms with Crippen molar-refractivity contribution < 1.29 is 19.1 Å². The summed E-state index contributed by atoms with van der Waals surface area (Å²) in [6.45, 7) is 1.92. The SMILES string of the molecule is COCCN1CC(C(=O)NCc2cccc(OC)c2)CC1=O. The van der Waals surface area contributed by atoms with Crippen molar-refractivity contribution in [3.8, 4) is 5.75 Å². The van der Waals surface area contributed by atoms with Gasteiger partial charge in [0.1, 0.15) is 5.75 Å². The van der Waals surface area contributed by atoms with Crippen molar-refractivity contribution in [1.82, 2.24) is 10.2 Å². The summed E-state index contributed by atoms with van der Waals surface area (Å²) in [5, 5.41) is 2.88. The summed E-state index contributed by atoms with van der Waals surface area (Å²) >= 11 is 0. The molecule has 2 rings (SSSR count). The van der Waals surface area contributed by atoms with Crippen molar-refractivity contribution in [3.05, 3.63) is 29.8 Å². The van der Waals surface area contributed by atoms with Gasteiger partial charge in [0.15, 0.2) is 0 Å². The Morgan fingerprint density at radius 1 is 1.41 bits per heavy atom. The van der Waals surface area contributed by atoms with E-state index in [1.54, 1.807) is 19.1 Å². The van der Waals surface area contributed by atoms with E-state index in [0.717, 1.165) is 11.3 Å². The number of likely N-dealkylation sites (tertiary alicyclic amines) is 1. The van der Waals surface area contributed by atoms with Gasteiger partial charge >= 0.3 is 0 Å². The van der Waals surface area contributed by atoms with Gasteiger partial charge in [0.05, 0.1) is 19.6 Å². The van der Waals surface area contributed by atoms with Gasteiger partial charge in [-0.3, -0.25) is 9.59 Å². The van der Waals surface area contributed by atoms with Gasteiger partial charge in [-0.1, -0.05) is 12.1 Å². The van der Waals surface area contributed by atoms with Crippen LogP contribution in [-0.2, 0) is 20.9 Å². The first-order valence-corrected chi connectivity index (χ1v) is 7.31. The Bertz CT molecular complexity index is 533. The lowest BCUT2D eigenvalue weighted by atomic mass is 10.1. The molecular weight excluding hydrogens is 284 g/mol. The number of hydrogen-bond donors (Lipinski definition) is 1. The maximum absolute atomic E-state index is 12.2. The van der Waals surface area contributed by atoms with Crippen molar-refractivity contribution in [2.75, 3.05) is 33.9 Å². The molecular formula is C16H22N2O4. The molecule has 1 aromatic rings. The lowest BCUT2D eigenvalue weighted by molar-refractivity contribution is -0.129. The number of carbonyl (C=O) groups is 2. The van der Waals surface area contributed by atoms with Gasteiger partial charge in [0, 0.05) is 33.2 Å². The number of amides is 2. The summed E-state index contributed by atoms with van der Waals surface area (Å²) < 4.78 is 10.1. The number of benzene rings is 1. The number of rotatable bonds is 7. The molecule has 1 heterocycles. The van der Waals surface area contributed by atoms with E-state index in [4.69, 9.17) is 9.47 Å². The summed E-state index contributed by atoms with van der Waals surface area (Å²) in [6.07, 6.45) is 0.271. The van der Waals surface area contributed by atoms with E-state index < -0.39 is 0 Å². The molecule has 22 heavy (non-hydrogen) atoms. The third-order valence-electron chi connectivity index (χ3n) is 3.75. The molecule has 1 atom stereocenters. The topological polar surface area (TPSA) is 67.9 Å². The molecule has 1 N–H and O–H groups in total. The predicted octanol–water partition coefficient (Wildman–Crippen LogP) is 0.806. The molecule has 2 amide bonds. The Morgan fingerprint density at radius 2 is 2.23 bits per heavy atom. The van der Waals surface area contributed by atoms with Crippen molar-refractivity contribution in [3.63, 3.8) is 0 Å². The van der Waals surface area contributed by atoms with Crippen LogP contribution in [0.4, 0.5) is 0 Å². The summed E-state index contributed by atoms with van der Waals surface area (Å²) in [4.78, 5) is 25.7. The van der Waals surface area contributed by atoms with E-state index in [9.17, 15) is 9.59 Å². The van der Waals surface area contributed by atoms with Gasteiger partial charge in [-0.15, -0.1) is 0 Å². The minimum absolute atomic E-state index is 0.0126. The van der Waals surface area contributed by atoms with Gasteiger partial charge in [-0.2, -0.15) is 0 Å². The molecule has 1 aliphatic rings. The van der Waals surface area contributed by atoms with E-state index >= 15 is 0 Å². The van der Waals surface area contributed by atoms with Crippen molar-refractivity contribution in [1.29, 1.82) is 0 Å². The second kappa shape index (κ2) is 7.79. The fourth-order valence-electron chi connectivity index (χ4n) is 2.48. The van der Waals surface area contributed by atoms with E-state index in [2.05, 4.69) is 5.32 Å². The fourth-order valence-corrected chi connectivity index (χ4v) is 2.48. The Hall–Kier alpha value is -2.08. The zero-order chi connectivity index (χ0) is 15.9. The Kier molecular flexibility index (Phi) is 5.77. The average Bonchev–Trinajstić information content (AvgIpc) is 2.92. The minimum Gasteiger partial charge on any atom is -0.497 e. The summed E-state index contributed by atoms with van der Waals surface area (Å²) in [6, 6.07) is 7.54. The number of hydrogen-bond acceptors (Lipinski definition) is 4. The van der Waals surface area contributed by atoms with Gasteiger partial charge in [0.2, 0.25) is 11.8 Å². The molecule has 0 spiro atoms. The van der Waals surface area contributed by atoms with E-state index in [1.807, 2.05) is 24.3 Å². The van der Waals surface area contributed by atoms with E-state index in [-0.39, 0.29) is 24.2 Å². The van der Waals surface area contributed by atoms with Crippen LogP contribution in [0.15, 0.2) is 24.3 Å². The molecule has 0 aromatic heterocycles. The zero-order valence-electron chi connectivity index (χ0n) is 13.0. The summed E-state index contributed by atoms with van der Waals surface area (Å²) in [7, 11) is 3.20. The molecule has 1 fully saturated rings. The second-order valence-electron chi connectivity index (χ2n) is 5.30. The molecule has 1 aromatic carbocycles. The lowest BCUT2D eigenvalue weighted by Gasteiger charge is -2.15. The number of ether oxygens (including phenoxy) is 2. The molecule has 1 saturated heterocycles. The number of carbonyl (C=O) groups excluding carboxylic acids is 2. The highest BCUT2D eigenvalue weighted by molar-refractivity contribution is 5.89. The second-order valence-corrected chi connectivity index (χ2v) is 5.30. The quantitative estimate of drug-likeness (QED) is 0.809. The number of methoxy groups -OCH3 is 2. The standard InChI is InChI=1S/C16H22N2O4/c1-21-7-6-18-11-13(9-15(18)19)16(20)17-10-12-4-3-5-14(8-12)22-2/h3-5,8,13H,6-7,9-11H2,1-2H3,(H,17,20). The van der Waals surface area contributed by atoms with Crippen LogP contribution in [0.3, 0.4) is 0 Å². The number of nitrogens with zero attached hydrogens (tertiary/aromatic N) is 1. The maximum atomic E-state index is 12.2. The first-order chi connectivity index (χ1) is 10.6. The van der Waals surface area contributed by atoms with Crippen LogP contribution >= 0.6 is 0 Å². The van der Waals surface area contributed by atoms with Crippen LogP contribution in [0.1, 0.15) is 12.0 Å². The van der Waals surface area contributed by atoms with Gasteiger partial charge in [-0.05, 0) is 17.7 Å². The molecule has 1 aliphatic heterocycles. The minimum atomic E-state index is -0.282. The molecule has 120 valence electrons. The van der Waals surface area contributed by atoms with Crippen molar-refractivity contribution >= 4 is 11.8 Å². The Labute approximate surface area is 130 Å². The summed E-state index contributed by atoms with van der Waals surface area (Å²) in [5.74, 6) is 0.401. The zero-order valence-corrected chi connectivity index (χ0v) is 13.0. The fraction of sp³-hybridized carbons (Fsp3) is 0.500. The first-order valence-electron chi connectivity index (χ1n) is 7.31. The monoisotopic (exact) mass is 306 g/mol. The molecule has 1 unspecified atom stereocenters. The van der Waals surface area contributed by atoms with Gasteiger partial charge < -0.3 is 19.7 Å². The van der Waals surface area contributed by atoms with Crippen LogP contribution in [0, 0.1) is 5.92 Å². The third-order valence-corrected chi connectivity index (χ3v) is 3.75. The van der Waals surface area contributed by atoms with Crippen LogP contribution in [0.5, 0.6) is 5.75 Å². The van der Waals surface area contributed by atoms with Crippen LogP contribution in [0.25, 0.3) is 0 Å². The largest absolute Gasteiger partial charge is 0.497 e. The van der Waals surface area contributed by atoms with Gasteiger partial charge in [0.25, 0.3) is 0 Å². The highest BCUT2D eigenvalue weighted by Gasteiger charge is 2.33. The highest BCUT2D eigenvalue weighted by Crippen LogP contribution is 2.18. The summed E-state index contributed by atoms with van der Waals surface area (Å²) in [5.41, 5.74) is 0.966. The van der Waals surface area contributed by atoms with Crippen molar-refractivity contribution in [2.45, 2.75) is 13.0 Å². The van der Waals surface area contributed by atoms with Crippen molar-refractivity contribution in [2.24, 2.45) is 5.92 Å². The van der Waals surface area contributed by atoms with Crippen LogP contribution in [0.2, 0.25) is 0 Å². The molecule has 6 heteroatoms. The lowest BCUT2D eigenvalue weighted by Crippen LogP contribution is -2.33. The van der Waals surface area contributed by atoms with E-state index in [1.165, 1.54) is 0 Å². The van der Waals surface area contributed by atoms with E-state index in [0.29, 0.717) is 26.2 Å². The normalized spacial score (nSPS) is 17.6. The highest BCUT2D eigenvalue weighted by atomic mass is 16.5. The molecule has 0 saturated carbocycles. The maximum Gasteiger partial charge on any atom is 0.225 e. The molecule has 0 bridgehead atoms. The van der Waals surface area contributed by atoms with Gasteiger partial charge in [-0.25, -0.2) is 0 Å². The Balaban J connectivity index is 1.83. The third kappa shape index (κ3) is 4.21. The molecule has 0 radical (unpaired) electrons. The van der Waals surface area contributed by atoms with Crippen LogP contribution in [-0.4, -0.2) is 50.6 Å². The molecule has 6 nitrogen and oxygen atoms in total. The van der Waals surface area contributed by atoms with Crippen LogP contribution < -0.4 is 10.1 Å². The predicted molar refractivity (Wildman–Crippen MR) is 81.4 cm³/mol. The smallest absolute Gasteiger partial charge is 0.225 e. The Morgan fingerprint density at radius 3 is 2.95 bits per heavy atom. The first kappa shape index (κ1) is 16.3. The molecule has 0 aliphatic carbocycles. The average molecular weight is 306 g/mol. The number of nitrogens with one attached hydrogen (secondary N) is 1.